The highest BCUT2D eigenvalue weighted by Gasteiger charge is 2.40. The second-order valence-electron chi connectivity index (χ2n) is 7.84. The number of alkyl halides is 3. The number of halogens is 3. The van der Waals surface area contributed by atoms with E-state index in [1.54, 1.807) is 18.5 Å². The first-order valence-corrected chi connectivity index (χ1v) is 9.97. The van der Waals surface area contributed by atoms with Gasteiger partial charge in [0.25, 0.3) is 0 Å². The van der Waals surface area contributed by atoms with Gasteiger partial charge >= 0.3 is 6.18 Å². The molecule has 158 valence electrons. The van der Waals surface area contributed by atoms with E-state index in [-0.39, 0.29) is 37.4 Å². The van der Waals surface area contributed by atoms with Gasteiger partial charge in [-0.3, -0.25) is 14.6 Å². The summed E-state index contributed by atoms with van der Waals surface area (Å²) < 4.78 is 38.8. The molecule has 1 aromatic heterocycles. The summed E-state index contributed by atoms with van der Waals surface area (Å²) in [6.07, 6.45) is 0.828. The second-order valence-corrected chi connectivity index (χ2v) is 7.84. The number of rotatable bonds is 4. The topological polar surface area (TPSA) is 53.5 Å². The maximum Gasteiger partial charge on any atom is 0.416 e. The third kappa shape index (κ3) is 4.17. The van der Waals surface area contributed by atoms with Crippen LogP contribution in [0.15, 0.2) is 48.8 Å². The van der Waals surface area contributed by atoms with Crippen LogP contribution in [0.2, 0.25) is 0 Å². The molecule has 5 nitrogen and oxygen atoms in total. The third-order valence-corrected chi connectivity index (χ3v) is 5.82. The summed E-state index contributed by atoms with van der Waals surface area (Å²) in [7, 11) is 0. The molecule has 8 heteroatoms. The van der Waals surface area contributed by atoms with Crippen LogP contribution in [-0.4, -0.2) is 39.7 Å². The van der Waals surface area contributed by atoms with Crippen molar-refractivity contribution in [1.29, 1.82) is 0 Å². The maximum atomic E-state index is 13.1. The van der Waals surface area contributed by atoms with Crippen LogP contribution < -0.4 is 0 Å². The summed E-state index contributed by atoms with van der Waals surface area (Å²) >= 11 is 0. The molecule has 4 rings (SSSR count). The summed E-state index contributed by atoms with van der Waals surface area (Å²) in [4.78, 5) is 32.9. The minimum Gasteiger partial charge on any atom is -0.338 e. The minimum atomic E-state index is -4.43. The van der Waals surface area contributed by atoms with Crippen LogP contribution in [0.4, 0.5) is 13.2 Å². The average molecular weight is 417 g/mol. The molecule has 0 radical (unpaired) electrons. The lowest BCUT2D eigenvalue weighted by Gasteiger charge is -2.27. The summed E-state index contributed by atoms with van der Waals surface area (Å²) in [6.45, 7) is 0.942. The van der Waals surface area contributed by atoms with Gasteiger partial charge in [-0.15, -0.1) is 0 Å². The van der Waals surface area contributed by atoms with E-state index in [0.717, 1.165) is 30.5 Å². The first-order valence-electron chi connectivity index (χ1n) is 9.97. The van der Waals surface area contributed by atoms with Crippen molar-refractivity contribution in [3.63, 3.8) is 0 Å². The van der Waals surface area contributed by atoms with E-state index in [2.05, 4.69) is 4.98 Å². The zero-order valence-electron chi connectivity index (χ0n) is 16.3. The molecular weight excluding hydrogens is 395 g/mol. The van der Waals surface area contributed by atoms with Crippen molar-refractivity contribution >= 4 is 11.8 Å². The summed E-state index contributed by atoms with van der Waals surface area (Å²) in [5, 5.41) is 0. The fourth-order valence-electron chi connectivity index (χ4n) is 4.35. The molecule has 2 fully saturated rings. The lowest BCUT2D eigenvalue weighted by Crippen LogP contribution is -2.37. The highest BCUT2D eigenvalue weighted by molar-refractivity contribution is 5.89. The Kier molecular flexibility index (Phi) is 5.49. The molecule has 2 aromatic rings. The van der Waals surface area contributed by atoms with Gasteiger partial charge in [-0.05, 0) is 48.2 Å². The van der Waals surface area contributed by atoms with Crippen molar-refractivity contribution in [2.45, 2.75) is 38.0 Å². The number of hydrogen-bond donors (Lipinski definition) is 0. The van der Waals surface area contributed by atoms with E-state index >= 15 is 0 Å². The SMILES string of the molecule is O=C1C[C@@H](C(=O)N2CCC[C@H]2c2ccncc2)CN1Cc1cccc(C(F)(F)F)c1. The number of benzene rings is 1. The number of pyridine rings is 1. The van der Waals surface area contributed by atoms with Crippen molar-refractivity contribution in [1.82, 2.24) is 14.8 Å². The van der Waals surface area contributed by atoms with Crippen LogP contribution in [0.3, 0.4) is 0 Å². The Morgan fingerprint density at radius 1 is 1.17 bits per heavy atom. The van der Waals surface area contributed by atoms with Gasteiger partial charge in [0.1, 0.15) is 0 Å². The minimum absolute atomic E-state index is 0.0203. The predicted molar refractivity (Wildman–Crippen MR) is 103 cm³/mol. The van der Waals surface area contributed by atoms with Crippen molar-refractivity contribution in [2.75, 3.05) is 13.1 Å². The van der Waals surface area contributed by atoms with Crippen LogP contribution in [0, 0.1) is 5.92 Å². The number of amides is 2. The van der Waals surface area contributed by atoms with Gasteiger partial charge in [-0.25, -0.2) is 0 Å². The number of carbonyl (C=O) groups is 2. The molecule has 0 saturated carbocycles. The smallest absolute Gasteiger partial charge is 0.338 e. The lowest BCUT2D eigenvalue weighted by molar-refractivity contribution is -0.138. The van der Waals surface area contributed by atoms with E-state index in [0.29, 0.717) is 12.1 Å². The summed E-state index contributed by atoms with van der Waals surface area (Å²) in [6, 6.07) is 8.75. The van der Waals surface area contributed by atoms with Gasteiger partial charge in [-0.1, -0.05) is 12.1 Å². The van der Waals surface area contributed by atoms with E-state index < -0.39 is 17.7 Å². The van der Waals surface area contributed by atoms with Gasteiger partial charge < -0.3 is 9.80 Å². The van der Waals surface area contributed by atoms with Gasteiger partial charge in [0.15, 0.2) is 0 Å². The maximum absolute atomic E-state index is 13.1. The molecule has 3 heterocycles. The molecule has 2 aliphatic rings. The van der Waals surface area contributed by atoms with Crippen LogP contribution in [0.25, 0.3) is 0 Å². The summed E-state index contributed by atoms with van der Waals surface area (Å²) in [5.74, 6) is -0.731. The van der Waals surface area contributed by atoms with E-state index in [4.69, 9.17) is 0 Å². The van der Waals surface area contributed by atoms with E-state index in [1.807, 2.05) is 17.0 Å². The number of hydrogen-bond acceptors (Lipinski definition) is 3. The fourth-order valence-corrected chi connectivity index (χ4v) is 4.35. The van der Waals surface area contributed by atoms with Crippen molar-refractivity contribution in [3.05, 3.63) is 65.5 Å². The molecule has 0 bridgehead atoms. The average Bonchev–Trinajstić information content (AvgIpc) is 3.35. The second kappa shape index (κ2) is 8.08. The Balaban J connectivity index is 1.44. The first kappa shape index (κ1) is 20.4. The van der Waals surface area contributed by atoms with Gasteiger partial charge in [-0.2, -0.15) is 13.2 Å². The molecule has 0 spiro atoms. The lowest BCUT2D eigenvalue weighted by atomic mass is 10.0. The third-order valence-electron chi connectivity index (χ3n) is 5.82. The standard InChI is InChI=1S/C22H22F3N3O2/c23-22(24,25)18-4-1-3-15(11-18)13-27-14-17(12-20(27)29)21(30)28-10-2-5-19(28)16-6-8-26-9-7-16/h1,3-4,6-9,11,17,19H,2,5,10,12-14H2/t17-,19+/m1/s1. The zero-order valence-corrected chi connectivity index (χ0v) is 16.3. The van der Waals surface area contributed by atoms with E-state index in [9.17, 15) is 22.8 Å². The Labute approximate surface area is 172 Å². The number of nitrogens with zero attached hydrogens (tertiary/aromatic N) is 3. The molecule has 0 unspecified atom stereocenters. The van der Waals surface area contributed by atoms with Crippen LogP contribution in [-0.2, 0) is 22.3 Å². The molecule has 2 saturated heterocycles. The molecule has 2 aliphatic heterocycles. The monoisotopic (exact) mass is 417 g/mol. The Hall–Kier alpha value is -2.90. The van der Waals surface area contributed by atoms with Crippen molar-refractivity contribution in [2.24, 2.45) is 5.92 Å². The van der Waals surface area contributed by atoms with Crippen LogP contribution in [0.5, 0.6) is 0 Å². The van der Waals surface area contributed by atoms with E-state index in [1.165, 1.54) is 11.0 Å². The number of likely N-dealkylation sites (tertiary alicyclic amines) is 2. The van der Waals surface area contributed by atoms with Gasteiger partial charge in [0.2, 0.25) is 11.8 Å². The van der Waals surface area contributed by atoms with Crippen molar-refractivity contribution < 1.29 is 22.8 Å². The Morgan fingerprint density at radius 3 is 2.67 bits per heavy atom. The number of aromatic nitrogens is 1. The first-order chi connectivity index (χ1) is 14.3. The Morgan fingerprint density at radius 2 is 1.93 bits per heavy atom. The quantitative estimate of drug-likeness (QED) is 0.760. The van der Waals surface area contributed by atoms with Crippen molar-refractivity contribution in [3.8, 4) is 0 Å². The predicted octanol–water partition coefficient (Wildman–Crippen LogP) is 3.81. The molecular formula is C22H22F3N3O2. The van der Waals surface area contributed by atoms with Gasteiger partial charge in [0.05, 0.1) is 17.5 Å². The molecule has 0 aliphatic carbocycles. The number of carbonyl (C=O) groups excluding carboxylic acids is 2. The highest BCUT2D eigenvalue weighted by atomic mass is 19.4. The van der Waals surface area contributed by atoms with Crippen LogP contribution >= 0.6 is 0 Å². The van der Waals surface area contributed by atoms with Crippen LogP contribution in [0.1, 0.15) is 42.0 Å². The largest absolute Gasteiger partial charge is 0.416 e. The fraction of sp³-hybridized carbons (Fsp3) is 0.409. The highest BCUT2D eigenvalue weighted by Crippen LogP contribution is 2.35. The molecule has 2 amide bonds. The zero-order chi connectivity index (χ0) is 21.3. The molecule has 30 heavy (non-hydrogen) atoms. The molecule has 2 atom stereocenters. The normalized spacial score (nSPS) is 22.0. The molecule has 1 aromatic carbocycles. The van der Waals surface area contributed by atoms with Gasteiger partial charge in [0, 0.05) is 38.4 Å². The Bertz CT molecular complexity index is 933. The molecule has 0 N–H and O–H groups in total. The summed E-state index contributed by atoms with van der Waals surface area (Å²) in [5.41, 5.74) is 0.694.